The summed E-state index contributed by atoms with van der Waals surface area (Å²) in [5.74, 6) is 0.400. The first kappa shape index (κ1) is 18.3. The first-order chi connectivity index (χ1) is 12.3. The van der Waals surface area contributed by atoms with Crippen LogP contribution in [0.2, 0.25) is 0 Å². The van der Waals surface area contributed by atoms with Crippen molar-refractivity contribution in [2.24, 2.45) is 0 Å². The van der Waals surface area contributed by atoms with Gasteiger partial charge in [-0.25, -0.2) is 18.4 Å². The zero-order valence-electron chi connectivity index (χ0n) is 15.1. The quantitative estimate of drug-likeness (QED) is 0.810. The number of carbonyl (C=O) groups excluding carboxylic acids is 1. The number of nitrogens with zero attached hydrogens (tertiary/aromatic N) is 4. The predicted octanol–water partition coefficient (Wildman–Crippen LogP) is 1.68. The van der Waals surface area contributed by atoms with E-state index in [0.29, 0.717) is 18.1 Å². The highest BCUT2D eigenvalue weighted by Crippen LogP contribution is 2.22. The predicted molar refractivity (Wildman–Crippen MR) is 101 cm³/mol. The summed E-state index contributed by atoms with van der Waals surface area (Å²) in [4.78, 5) is 24.9. The molecule has 0 aliphatic carbocycles. The van der Waals surface area contributed by atoms with Crippen molar-refractivity contribution in [1.29, 1.82) is 0 Å². The summed E-state index contributed by atoms with van der Waals surface area (Å²) < 4.78 is 23.5. The molecule has 0 bridgehead atoms. The number of sulfone groups is 1. The largest absolute Gasteiger partial charge is 0.340 e. The van der Waals surface area contributed by atoms with Crippen LogP contribution >= 0.6 is 0 Å². The molecule has 138 valence electrons. The van der Waals surface area contributed by atoms with E-state index in [0.717, 1.165) is 5.69 Å². The van der Waals surface area contributed by atoms with Crippen molar-refractivity contribution in [3.8, 4) is 0 Å². The Morgan fingerprint density at radius 1 is 1.15 bits per heavy atom. The summed E-state index contributed by atoms with van der Waals surface area (Å²) in [6.07, 6.45) is 0.545. The third-order valence-electron chi connectivity index (χ3n) is 4.58. The van der Waals surface area contributed by atoms with E-state index >= 15 is 0 Å². The van der Waals surface area contributed by atoms with Crippen LogP contribution in [0.1, 0.15) is 22.6 Å². The van der Waals surface area contributed by atoms with Gasteiger partial charge in [-0.1, -0.05) is 18.2 Å². The Hall–Kier alpha value is -2.48. The molecule has 0 spiro atoms. The zero-order chi connectivity index (χ0) is 18.9. The summed E-state index contributed by atoms with van der Waals surface area (Å²) >= 11 is 0. The first-order valence-corrected chi connectivity index (χ1v) is 10.2. The normalized spacial score (nSPS) is 18.5. The number of amides is 1. The molecule has 1 aliphatic heterocycles. The van der Waals surface area contributed by atoms with Crippen molar-refractivity contribution in [2.75, 3.05) is 35.4 Å². The van der Waals surface area contributed by atoms with Crippen LogP contribution in [0.3, 0.4) is 0 Å². The fraction of sp³-hybridized carbons (Fsp3) is 0.389. The number of hydrogen-bond acceptors (Lipinski definition) is 6. The Labute approximate surface area is 153 Å². The van der Waals surface area contributed by atoms with Crippen LogP contribution in [0.4, 0.5) is 11.6 Å². The van der Waals surface area contributed by atoms with E-state index in [9.17, 15) is 13.2 Å². The van der Waals surface area contributed by atoms with E-state index in [4.69, 9.17) is 0 Å². The number of rotatable bonds is 4. The summed E-state index contributed by atoms with van der Waals surface area (Å²) in [7, 11) is 0.463. The average molecular weight is 374 g/mol. The van der Waals surface area contributed by atoms with Crippen LogP contribution in [-0.2, 0) is 9.84 Å². The Balaban J connectivity index is 1.87. The number of benzene rings is 1. The fourth-order valence-electron chi connectivity index (χ4n) is 3.00. The molecule has 8 heteroatoms. The Bertz CT molecular complexity index is 915. The third-order valence-corrected chi connectivity index (χ3v) is 6.33. The molecule has 0 radical (unpaired) electrons. The van der Waals surface area contributed by atoms with Gasteiger partial charge in [0, 0.05) is 31.5 Å². The van der Waals surface area contributed by atoms with Gasteiger partial charge in [0.2, 0.25) is 5.95 Å². The zero-order valence-corrected chi connectivity index (χ0v) is 15.9. The molecule has 1 aromatic carbocycles. The maximum atomic E-state index is 12.8. The average Bonchev–Trinajstić information content (AvgIpc) is 2.99. The lowest BCUT2D eigenvalue weighted by atomic mass is 10.2. The molecule has 1 aromatic heterocycles. The molecular formula is C18H22N4O3S. The van der Waals surface area contributed by atoms with Crippen LogP contribution in [-0.4, -0.2) is 55.9 Å². The maximum absolute atomic E-state index is 12.8. The topological polar surface area (TPSA) is 83.5 Å². The first-order valence-electron chi connectivity index (χ1n) is 8.39. The number of carbonyl (C=O) groups is 1. The van der Waals surface area contributed by atoms with Gasteiger partial charge in [0.15, 0.2) is 9.84 Å². The van der Waals surface area contributed by atoms with Gasteiger partial charge in [0.25, 0.3) is 5.91 Å². The third kappa shape index (κ3) is 3.85. The molecule has 3 rings (SSSR count). The van der Waals surface area contributed by atoms with Crippen LogP contribution in [0.5, 0.6) is 0 Å². The number of hydrogen-bond donors (Lipinski definition) is 0. The van der Waals surface area contributed by atoms with Gasteiger partial charge in [-0.05, 0) is 31.5 Å². The molecule has 26 heavy (non-hydrogen) atoms. The Kier molecular flexibility index (Phi) is 4.95. The highest BCUT2D eigenvalue weighted by atomic mass is 32.2. The van der Waals surface area contributed by atoms with E-state index in [1.54, 1.807) is 32.0 Å². The monoisotopic (exact) mass is 374 g/mol. The smallest absolute Gasteiger partial charge is 0.276 e. The van der Waals surface area contributed by atoms with E-state index in [-0.39, 0.29) is 29.1 Å². The molecule has 7 nitrogen and oxygen atoms in total. The molecular weight excluding hydrogens is 352 g/mol. The van der Waals surface area contributed by atoms with Crippen molar-refractivity contribution in [1.82, 2.24) is 9.97 Å². The van der Waals surface area contributed by atoms with E-state index in [2.05, 4.69) is 9.97 Å². The SMILES string of the molecule is Cc1cc(C(=O)N(C)c2ccccc2)nc(N(C)C2CCS(=O)(=O)C2)n1. The molecule has 2 heterocycles. The fourth-order valence-corrected chi connectivity index (χ4v) is 4.78. The van der Waals surface area contributed by atoms with E-state index in [1.807, 2.05) is 30.3 Å². The van der Waals surface area contributed by atoms with Crippen molar-refractivity contribution >= 4 is 27.4 Å². The lowest BCUT2D eigenvalue weighted by Crippen LogP contribution is -2.35. The van der Waals surface area contributed by atoms with E-state index < -0.39 is 9.84 Å². The lowest BCUT2D eigenvalue weighted by molar-refractivity contribution is 0.0988. The van der Waals surface area contributed by atoms with E-state index in [1.165, 1.54) is 4.90 Å². The van der Waals surface area contributed by atoms with Crippen LogP contribution in [0.25, 0.3) is 0 Å². The molecule has 1 amide bonds. The number of anilines is 2. The Morgan fingerprint density at radius 2 is 1.85 bits per heavy atom. The summed E-state index contributed by atoms with van der Waals surface area (Å²) in [5, 5.41) is 0. The van der Waals surface area contributed by atoms with Crippen LogP contribution in [0, 0.1) is 6.92 Å². The Morgan fingerprint density at radius 3 is 2.46 bits per heavy atom. The number of aryl methyl sites for hydroxylation is 1. The minimum Gasteiger partial charge on any atom is -0.340 e. The summed E-state index contributed by atoms with van der Waals surface area (Å²) in [5.41, 5.74) is 1.71. The standard InChI is InChI=1S/C18H22N4O3S/c1-13-11-16(17(23)21(2)14-7-5-4-6-8-14)20-18(19-13)22(3)15-9-10-26(24,25)12-15/h4-8,11,15H,9-10,12H2,1-3H3. The van der Waals surface area contributed by atoms with Crippen molar-refractivity contribution in [2.45, 2.75) is 19.4 Å². The minimum atomic E-state index is -3.01. The van der Waals surface area contributed by atoms with Gasteiger partial charge in [-0.3, -0.25) is 4.79 Å². The van der Waals surface area contributed by atoms with Gasteiger partial charge in [0.05, 0.1) is 11.5 Å². The van der Waals surface area contributed by atoms with Crippen molar-refractivity contribution in [3.63, 3.8) is 0 Å². The second kappa shape index (κ2) is 7.03. The molecule has 1 saturated heterocycles. The molecule has 0 saturated carbocycles. The molecule has 2 aromatic rings. The molecule has 1 atom stereocenters. The second-order valence-electron chi connectivity index (χ2n) is 6.56. The molecule has 1 unspecified atom stereocenters. The molecule has 0 N–H and O–H groups in total. The van der Waals surface area contributed by atoms with Gasteiger partial charge < -0.3 is 9.80 Å². The maximum Gasteiger partial charge on any atom is 0.276 e. The van der Waals surface area contributed by atoms with Crippen molar-refractivity contribution in [3.05, 3.63) is 47.8 Å². The highest BCUT2D eigenvalue weighted by molar-refractivity contribution is 7.91. The van der Waals surface area contributed by atoms with Crippen molar-refractivity contribution < 1.29 is 13.2 Å². The van der Waals surface area contributed by atoms with Gasteiger partial charge in [-0.2, -0.15) is 0 Å². The van der Waals surface area contributed by atoms with Gasteiger partial charge in [-0.15, -0.1) is 0 Å². The highest BCUT2D eigenvalue weighted by Gasteiger charge is 2.32. The number of aromatic nitrogens is 2. The second-order valence-corrected chi connectivity index (χ2v) is 8.79. The van der Waals surface area contributed by atoms with Gasteiger partial charge in [0.1, 0.15) is 5.69 Å². The molecule has 1 fully saturated rings. The number of para-hydroxylation sites is 1. The minimum absolute atomic E-state index is 0.0913. The summed E-state index contributed by atoms with van der Waals surface area (Å²) in [6, 6.07) is 10.8. The van der Waals surface area contributed by atoms with Gasteiger partial charge >= 0.3 is 0 Å². The van der Waals surface area contributed by atoms with Crippen LogP contribution in [0.15, 0.2) is 36.4 Å². The van der Waals surface area contributed by atoms with Crippen LogP contribution < -0.4 is 9.80 Å². The summed E-state index contributed by atoms with van der Waals surface area (Å²) in [6.45, 7) is 1.80. The molecule has 1 aliphatic rings. The lowest BCUT2D eigenvalue weighted by Gasteiger charge is -2.24.